The summed E-state index contributed by atoms with van der Waals surface area (Å²) in [5.41, 5.74) is 2.88. The molecule has 0 spiro atoms. The molecule has 1 N–H and O–H groups in total. The zero-order valence-corrected chi connectivity index (χ0v) is 11.8. The molecule has 2 heterocycles. The van der Waals surface area contributed by atoms with Crippen molar-refractivity contribution in [3.63, 3.8) is 0 Å². The molecule has 3 nitrogen and oxygen atoms in total. The van der Waals surface area contributed by atoms with Gasteiger partial charge in [0, 0.05) is 24.9 Å². The van der Waals surface area contributed by atoms with Crippen LogP contribution in [0.25, 0.3) is 0 Å². The van der Waals surface area contributed by atoms with Crippen molar-refractivity contribution in [1.29, 1.82) is 0 Å². The average Bonchev–Trinajstić information content (AvgIpc) is 2.98. The molecule has 1 saturated heterocycles. The number of nitrogens with zero attached hydrogens (tertiary/aromatic N) is 1. The maximum Gasteiger partial charge on any atom is 0.0670 e. The summed E-state index contributed by atoms with van der Waals surface area (Å²) in [5.74, 6) is 0. The van der Waals surface area contributed by atoms with Crippen LogP contribution in [0.2, 0.25) is 0 Å². The fourth-order valence-corrected chi connectivity index (χ4v) is 3.27. The van der Waals surface area contributed by atoms with E-state index in [0.29, 0.717) is 12.1 Å². The molecule has 0 saturated carbocycles. The molecule has 3 heteroatoms. The van der Waals surface area contributed by atoms with Gasteiger partial charge in [0.25, 0.3) is 0 Å². The standard InChI is InChI=1S/C16H24N2O/c1-2-9-17-15-7-10-18(13-8-11-19-12-13)16-6-4-3-5-14(15)16/h3-6,13,15,17H,2,7-12H2,1H3. The van der Waals surface area contributed by atoms with E-state index in [1.807, 2.05) is 0 Å². The van der Waals surface area contributed by atoms with E-state index in [0.717, 1.165) is 26.3 Å². The molecular weight excluding hydrogens is 236 g/mol. The Hall–Kier alpha value is -1.06. The second kappa shape index (κ2) is 5.93. The molecule has 3 rings (SSSR count). The summed E-state index contributed by atoms with van der Waals surface area (Å²) < 4.78 is 5.56. The Labute approximate surface area is 115 Å². The van der Waals surface area contributed by atoms with E-state index in [-0.39, 0.29) is 0 Å². The number of benzene rings is 1. The molecule has 1 aromatic carbocycles. The van der Waals surface area contributed by atoms with Crippen LogP contribution in [0.3, 0.4) is 0 Å². The third kappa shape index (κ3) is 2.63. The fraction of sp³-hybridized carbons (Fsp3) is 0.625. The highest BCUT2D eigenvalue weighted by molar-refractivity contribution is 5.57. The number of hydrogen-bond donors (Lipinski definition) is 1. The molecule has 2 atom stereocenters. The molecule has 2 aliphatic rings. The highest BCUT2D eigenvalue weighted by Gasteiger charge is 2.30. The molecule has 19 heavy (non-hydrogen) atoms. The summed E-state index contributed by atoms with van der Waals surface area (Å²) in [6.45, 7) is 6.28. The average molecular weight is 260 g/mol. The number of fused-ring (bicyclic) bond motifs is 1. The Bertz CT molecular complexity index is 415. The van der Waals surface area contributed by atoms with Crippen LogP contribution in [0.5, 0.6) is 0 Å². The van der Waals surface area contributed by atoms with Gasteiger partial charge in [-0.15, -0.1) is 0 Å². The van der Waals surface area contributed by atoms with Crippen LogP contribution in [0.1, 0.15) is 37.8 Å². The molecule has 2 aliphatic heterocycles. The molecule has 104 valence electrons. The monoisotopic (exact) mass is 260 g/mol. The van der Waals surface area contributed by atoms with Gasteiger partial charge < -0.3 is 15.0 Å². The predicted octanol–water partition coefficient (Wildman–Crippen LogP) is 2.73. The van der Waals surface area contributed by atoms with Crippen molar-refractivity contribution in [2.75, 3.05) is 31.2 Å². The van der Waals surface area contributed by atoms with Crippen molar-refractivity contribution in [3.05, 3.63) is 29.8 Å². The van der Waals surface area contributed by atoms with E-state index in [1.54, 1.807) is 0 Å². The Balaban J connectivity index is 1.82. The summed E-state index contributed by atoms with van der Waals surface area (Å²) in [7, 11) is 0. The summed E-state index contributed by atoms with van der Waals surface area (Å²) in [4.78, 5) is 2.56. The van der Waals surface area contributed by atoms with Crippen LogP contribution in [-0.4, -0.2) is 32.3 Å². The third-order valence-corrected chi connectivity index (χ3v) is 4.27. The van der Waals surface area contributed by atoms with E-state index in [2.05, 4.69) is 41.4 Å². The summed E-state index contributed by atoms with van der Waals surface area (Å²) >= 11 is 0. The van der Waals surface area contributed by atoms with Crippen molar-refractivity contribution in [1.82, 2.24) is 5.32 Å². The first-order valence-corrected chi connectivity index (χ1v) is 7.57. The Morgan fingerprint density at radius 1 is 1.32 bits per heavy atom. The molecule has 0 aromatic heterocycles. The third-order valence-electron chi connectivity index (χ3n) is 4.27. The fourth-order valence-electron chi connectivity index (χ4n) is 3.27. The lowest BCUT2D eigenvalue weighted by Gasteiger charge is -2.39. The number of rotatable bonds is 4. The SMILES string of the molecule is CCCNC1CCN(C2CCOC2)c2ccccc21. The molecule has 0 radical (unpaired) electrons. The maximum atomic E-state index is 5.56. The van der Waals surface area contributed by atoms with Crippen LogP contribution in [0.4, 0.5) is 5.69 Å². The largest absolute Gasteiger partial charge is 0.379 e. The topological polar surface area (TPSA) is 24.5 Å². The van der Waals surface area contributed by atoms with Crippen LogP contribution in [0.15, 0.2) is 24.3 Å². The first-order valence-electron chi connectivity index (χ1n) is 7.57. The first-order chi connectivity index (χ1) is 9.40. The second-order valence-corrected chi connectivity index (χ2v) is 5.57. The summed E-state index contributed by atoms with van der Waals surface area (Å²) in [6.07, 6.45) is 3.56. The number of nitrogens with one attached hydrogen (secondary N) is 1. The van der Waals surface area contributed by atoms with Gasteiger partial charge in [-0.2, -0.15) is 0 Å². The van der Waals surface area contributed by atoms with E-state index in [4.69, 9.17) is 4.74 Å². The summed E-state index contributed by atoms with van der Waals surface area (Å²) in [6, 6.07) is 9.97. The lowest BCUT2D eigenvalue weighted by atomic mass is 9.94. The molecule has 0 amide bonds. The minimum atomic E-state index is 0.523. The second-order valence-electron chi connectivity index (χ2n) is 5.57. The van der Waals surface area contributed by atoms with Gasteiger partial charge in [-0.05, 0) is 37.4 Å². The Morgan fingerprint density at radius 2 is 2.21 bits per heavy atom. The number of hydrogen-bond acceptors (Lipinski definition) is 3. The number of anilines is 1. The summed E-state index contributed by atoms with van der Waals surface area (Å²) in [5, 5.41) is 3.68. The normalized spacial score (nSPS) is 26.5. The number of para-hydroxylation sites is 1. The van der Waals surface area contributed by atoms with E-state index < -0.39 is 0 Å². The number of ether oxygens (including phenoxy) is 1. The van der Waals surface area contributed by atoms with Crippen LogP contribution >= 0.6 is 0 Å². The quantitative estimate of drug-likeness (QED) is 0.901. The highest BCUT2D eigenvalue weighted by Crippen LogP contribution is 2.36. The van der Waals surface area contributed by atoms with Crippen molar-refractivity contribution in [3.8, 4) is 0 Å². The minimum Gasteiger partial charge on any atom is -0.379 e. The van der Waals surface area contributed by atoms with Gasteiger partial charge >= 0.3 is 0 Å². The lowest BCUT2D eigenvalue weighted by molar-refractivity contribution is 0.192. The van der Waals surface area contributed by atoms with Gasteiger partial charge in [-0.3, -0.25) is 0 Å². The van der Waals surface area contributed by atoms with Crippen LogP contribution in [-0.2, 0) is 4.74 Å². The minimum absolute atomic E-state index is 0.523. The van der Waals surface area contributed by atoms with Gasteiger partial charge in [-0.25, -0.2) is 0 Å². The molecule has 1 fully saturated rings. The highest BCUT2D eigenvalue weighted by atomic mass is 16.5. The molecule has 0 aliphatic carbocycles. The zero-order valence-electron chi connectivity index (χ0n) is 11.8. The van der Waals surface area contributed by atoms with Crippen LogP contribution in [0, 0.1) is 0 Å². The van der Waals surface area contributed by atoms with E-state index in [1.165, 1.54) is 30.5 Å². The zero-order chi connectivity index (χ0) is 13.1. The molecule has 0 bridgehead atoms. The van der Waals surface area contributed by atoms with Gasteiger partial charge in [0.2, 0.25) is 0 Å². The maximum absolute atomic E-state index is 5.56. The van der Waals surface area contributed by atoms with E-state index >= 15 is 0 Å². The Morgan fingerprint density at radius 3 is 3.00 bits per heavy atom. The smallest absolute Gasteiger partial charge is 0.0670 e. The van der Waals surface area contributed by atoms with Crippen molar-refractivity contribution < 1.29 is 4.74 Å². The van der Waals surface area contributed by atoms with E-state index in [9.17, 15) is 0 Å². The van der Waals surface area contributed by atoms with Crippen molar-refractivity contribution in [2.45, 2.75) is 38.3 Å². The van der Waals surface area contributed by atoms with Crippen LogP contribution < -0.4 is 10.2 Å². The molecule has 1 aromatic rings. The predicted molar refractivity (Wildman–Crippen MR) is 78.7 cm³/mol. The van der Waals surface area contributed by atoms with Crippen molar-refractivity contribution >= 4 is 5.69 Å². The van der Waals surface area contributed by atoms with Gasteiger partial charge in [0.05, 0.1) is 12.6 Å². The van der Waals surface area contributed by atoms with Gasteiger partial charge in [0.1, 0.15) is 0 Å². The van der Waals surface area contributed by atoms with Crippen molar-refractivity contribution in [2.24, 2.45) is 0 Å². The molecular formula is C16H24N2O. The van der Waals surface area contributed by atoms with Gasteiger partial charge in [0.15, 0.2) is 0 Å². The van der Waals surface area contributed by atoms with Gasteiger partial charge in [-0.1, -0.05) is 25.1 Å². The lowest BCUT2D eigenvalue weighted by Crippen LogP contribution is -2.42. The Kier molecular flexibility index (Phi) is 4.04. The first kappa shape index (κ1) is 12.9. The molecule has 2 unspecified atom stereocenters.